The van der Waals surface area contributed by atoms with Gasteiger partial charge in [0, 0.05) is 28.4 Å². The number of ketones is 2. The molecule has 0 saturated carbocycles. The fourth-order valence-electron chi connectivity index (χ4n) is 5.00. The fraction of sp³-hybridized carbons (Fsp3) is 0.0312. The molecular formula is C32H20N2O4. The van der Waals surface area contributed by atoms with Crippen LogP contribution >= 0.6 is 0 Å². The van der Waals surface area contributed by atoms with Crippen LogP contribution in [0.1, 0.15) is 26.4 Å². The molecule has 0 saturated heterocycles. The maximum absolute atomic E-state index is 13.4. The monoisotopic (exact) mass is 496 g/mol. The lowest BCUT2D eigenvalue weighted by Crippen LogP contribution is -2.03. The van der Waals surface area contributed by atoms with E-state index in [1.54, 1.807) is 25.3 Å². The van der Waals surface area contributed by atoms with Crippen LogP contribution in [0.15, 0.2) is 107 Å². The second-order valence-electron chi connectivity index (χ2n) is 9.14. The molecule has 0 radical (unpaired) electrons. The summed E-state index contributed by atoms with van der Waals surface area (Å²) in [7, 11) is 1.62. The number of nitrogens with zero attached hydrogens (tertiary/aromatic N) is 2. The summed E-state index contributed by atoms with van der Waals surface area (Å²) >= 11 is 0. The third kappa shape index (κ3) is 3.38. The Morgan fingerprint density at radius 2 is 1.42 bits per heavy atom. The van der Waals surface area contributed by atoms with Gasteiger partial charge in [-0.3, -0.25) is 14.2 Å². The van der Waals surface area contributed by atoms with Crippen LogP contribution < -0.4 is 4.74 Å². The molecule has 6 aromatic rings. The lowest BCUT2D eigenvalue weighted by Gasteiger charge is -2.07. The summed E-state index contributed by atoms with van der Waals surface area (Å²) in [4.78, 5) is 31.6. The molecule has 0 fully saturated rings. The lowest BCUT2D eigenvalue weighted by atomic mass is 10.0. The highest BCUT2D eigenvalue weighted by atomic mass is 16.5. The molecule has 0 bridgehead atoms. The number of oxazole rings is 1. The zero-order valence-electron chi connectivity index (χ0n) is 20.3. The van der Waals surface area contributed by atoms with Crippen LogP contribution in [0.4, 0.5) is 0 Å². The number of para-hydroxylation sites is 1. The number of methoxy groups -OCH3 is 1. The van der Waals surface area contributed by atoms with Crippen LogP contribution in [-0.2, 0) is 0 Å². The number of aromatic nitrogens is 2. The van der Waals surface area contributed by atoms with Crippen molar-refractivity contribution in [3.05, 3.63) is 119 Å². The standard InChI is InChI=1S/C32H20N2O4/c1-37-24-13-11-19(12-14-24)32-33-31-28(38-32)18-23(34(31)22-9-3-2-4-10-22)17-27-29(35)25-15-20-7-5-6-8-21(20)16-26(25)30(27)36/h2-18H,1H3. The third-order valence-electron chi connectivity index (χ3n) is 6.89. The molecule has 1 aliphatic carbocycles. The Balaban J connectivity index is 1.38. The van der Waals surface area contributed by atoms with E-state index in [1.807, 2.05) is 89.5 Å². The summed E-state index contributed by atoms with van der Waals surface area (Å²) in [5, 5.41) is 1.85. The predicted octanol–water partition coefficient (Wildman–Crippen LogP) is 6.91. The number of ether oxygens (including phenoxy) is 1. The molecule has 182 valence electrons. The average Bonchev–Trinajstić information content (AvgIpc) is 3.59. The Labute approximate surface area is 217 Å². The third-order valence-corrected chi connectivity index (χ3v) is 6.89. The first-order valence-electron chi connectivity index (χ1n) is 12.2. The van der Waals surface area contributed by atoms with Crippen molar-refractivity contribution >= 4 is 39.6 Å². The van der Waals surface area contributed by atoms with Gasteiger partial charge in [0.15, 0.2) is 22.8 Å². The number of benzene rings is 4. The molecule has 2 aromatic heterocycles. The van der Waals surface area contributed by atoms with Gasteiger partial charge in [-0.1, -0.05) is 42.5 Å². The van der Waals surface area contributed by atoms with E-state index in [9.17, 15) is 9.59 Å². The van der Waals surface area contributed by atoms with Gasteiger partial charge in [-0.25, -0.2) is 0 Å². The Morgan fingerprint density at radius 1 is 0.789 bits per heavy atom. The van der Waals surface area contributed by atoms with Gasteiger partial charge in [0.2, 0.25) is 5.89 Å². The Kier molecular flexibility index (Phi) is 4.88. The number of allylic oxidation sites excluding steroid dienone is 1. The molecule has 6 nitrogen and oxygen atoms in total. The van der Waals surface area contributed by atoms with E-state index in [0.29, 0.717) is 33.9 Å². The zero-order valence-corrected chi connectivity index (χ0v) is 20.3. The van der Waals surface area contributed by atoms with Crippen molar-refractivity contribution in [3.8, 4) is 22.9 Å². The molecule has 0 amide bonds. The van der Waals surface area contributed by atoms with Gasteiger partial charge in [0.1, 0.15) is 5.75 Å². The number of hydrogen-bond donors (Lipinski definition) is 0. The van der Waals surface area contributed by atoms with Crippen molar-refractivity contribution in [2.24, 2.45) is 0 Å². The number of fused-ring (bicyclic) bond motifs is 3. The molecule has 0 spiro atoms. The topological polar surface area (TPSA) is 74.3 Å². The van der Waals surface area contributed by atoms with Crippen LogP contribution in [-0.4, -0.2) is 28.2 Å². The Hall–Kier alpha value is -5.23. The highest BCUT2D eigenvalue weighted by Crippen LogP contribution is 2.35. The number of carbonyl (C=O) groups excluding carboxylic acids is 2. The molecule has 0 unspecified atom stereocenters. The summed E-state index contributed by atoms with van der Waals surface area (Å²) in [5.74, 6) is 0.654. The van der Waals surface area contributed by atoms with Gasteiger partial charge in [-0.05, 0) is 65.4 Å². The van der Waals surface area contributed by atoms with E-state index in [-0.39, 0.29) is 17.1 Å². The molecule has 1 aliphatic rings. The first-order valence-corrected chi connectivity index (χ1v) is 12.2. The van der Waals surface area contributed by atoms with E-state index in [0.717, 1.165) is 27.8 Å². The van der Waals surface area contributed by atoms with Gasteiger partial charge in [-0.15, -0.1) is 0 Å². The highest BCUT2D eigenvalue weighted by molar-refractivity contribution is 6.42. The lowest BCUT2D eigenvalue weighted by molar-refractivity contribution is 0.0990. The van der Waals surface area contributed by atoms with Crippen molar-refractivity contribution in [1.82, 2.24) is 9.55 Å². The highest BCUT2D eigenvalue weighted by Gasteiger charge is 2.34. The normalized spacial score (nSPS) is 12.9. The maximum Gasteiger partial charge on any atom is 0.228 e. The van der Waals surface area contributed by atoms with Crippen LogP contribution in [0.25, 0.3) is 45.2 Å². The van der Waals surface area contributed by atoms with Crippen molar-refractivity contribution in [2.75, 3.05) is 7.11 Å². The Bertz CT molecular complexity index is 1870. The van der Waals surface area contributed by atoms with Gasteiger partial charge in [-0.2, -0.15) is 4.98 Å². The molecule has 4 aromatic carbocycles. The summed E-state index contributed by atoms with van der Waals surface area (Å²) in [6, 6.07) is 30.3. The molecule has 6 heteroatoms. The molecule has 38 heavy (non-hydrogen) atoms. The van der Waals surface area contributed by atoms with Gasteiger partial charge in [0.25, 0.3) is 0 Å². The SMILES string of the molecule is COc1ccc(-c2nc3c(cc(C=C4C(=O)c5cc6ccccc6cc5C4=O)n3-c3ccccc3)o2)cc1. The Morgan fingerprint density at radius 3 is 2.05 bits per heavy atom. The first-order chi connectivity index (χ1) is 18.6. The number of carbonyl (C=O) groups is 2. The van der Waals surface area contributed by atoms with Gasteiger partial charge in [0.05, 0.1) is 18.4 Å². The van der Waals surface area contributed by atoms with E-state index in [1.165, 1.54) is 0 Å². The predicted molar refractivity (Wildman–Crippen MR) is 146 cm³/mol. The maximum atomic E-state index is 13.4. The van der Waals surface area contributed by atoms with Crippen molar-refractivity contribution in [3.63, 3.8) is 0 Å². The van der Waals surface area contributed by atoms with Crippen LogP contribution in [0.3, 0.4) is 0 Å². The second-order valence-corrected chi connectivity index (χ2v) is 9.14. The number of rotatable bonds is 4. The van der Waals surface area contributed by atoms with E-state index < -0.39 is 0 Å². The van der Waals surface area contributed by atoms with Crippen molar-refractivity contribution in [1.29, 1.82) is 0 Å². The van der Waals surface area contributed by atoms with E-state index in [4.69, 9.17) is 14.1 Å². The van der Waals surface area contributed by atoms with Crippen molar-refractivity contribution in [2.45, 2.75) is 0 Å². The van der Waals surface area contributed by atoms with Crippen molar-refractivity contribution < 1.29 is 18.7 Å². The summed E-state index contributed by atoms with van der Waals surface area (Å²) in [5.41, 5.74) is 4.41. The van der Waals surface area contributed by atoms with Crippen LogP contribution in [0, 0.1) is 0 Å². The average molecular weight is 497 g/mol. The van der Waals surface area contributed by atoms with Crippen LogP contribution in [0.2, 0.25) is 0 Å². The fourth-order valence-corrected chi connectivity index (χ4v) is 5.00. The largest absolute Gasteiger partial charge is 0.497 e. The molecule has 0 aliphatic heterocycles. The van der Waals surface area contributed by atoms with Crippen LogP contribution in [0.5, 0.6) is 5.75 Å². The van der Waals surface area contributed by atoms with Gasteiger partial charge < -0.3 is 9.15 Å². The smallest absolute Gasteiger partial charge is 0.228 e. The van der Waals surface area contributed by atoms with E-state index in [2.05, 4.69) is 0 Å². The first kappa shape index (κ1) is 22.0. The zero-order chi connectivity index (χ0) is 25.8. The summed E-state index contributed by atoms with van der Waals surface area (Å²) in [6.45, 7) is 0. The molecule has 2 heterocycles. The summed E-state index contributed by atoms with van der Waals surface area (Å²) < 4.78 is 13.3. The number of Topliss-reactive ketones (excluding diaryl/α,β-unsaturated/α-hetero) is 2. The minimum atomic E-state index is -0.278. The summed E-state index contributed by atoms with van der Waals surface area (Å²) in [6.07, 6.45) is 1.65. The quantitative estimate of drug-likeness (QED) is 0.196. The van der Waals surface area contributed by atoms with E-state index >= 15 is 0 Å². The molecule has 7 rings (SSSR count). The minimum Gasteiger partial charge on any atom is -0.497 e. The molecule has 0 atom stereocenters. The second kappa shape index (κ2) is 8.42. The van der Waals surface area contributed by atoms with Gasteiger partial charge >= 0.3 is 0 Å². The minimum absolute atomic E-state index is 0.128. The molecular weight excluding hydrogens is 476 g/mol. The molecule has 0 N–H and O–H groups in total. The number of hydrogen-bond acceptors (Lipinski definition) is 5.